The van der Waals surface area contributed by atoms with Gasteiger partial charge in [0.15, 0.2) is 5.82 Å². The molecule has 156 valence electrons. The minimum atomic E-state index is -0.291. The highest BCUT2D eigenvalue weighted by atomic mass is 32.2. The van der Waals surface area contributed by atoms with Crippen molar-refractivity contribution in [1.29, 1.82) is 0 Å². The van der Waals surface area contributed by atoms with E-state index in [1.807, 2.05) is 55.5 Å². The number of carbonyl (C=O) groups excluding carboxylic acids is 2. The summed E-state index contributed by atoms with van der Waals surface area (Å²) < 4.78 is 5.15. The summed E-state index contributed by atoms with van der Waals surface area (Å²) in [5, 5.41) is 12.3. The Kier molecular flexibility index (Phi) is 7.08. The molecule has 1 atom stereocenters. The fourth-order valence-electron chi connectivity index (χ4n) is 2.64. The summed E-state index contributed by atoms with van der Waals surface area (Å²) in [7, 11) is 1.61. The number of rotatable bonds is 8. The summed E-state index contributed by atoms with van der Waals surface area (Å²) in [4.78, 5) is 28.9. The maximum atomic E-state index is 12.4. The van der Waals surface area contributed by atoms with Crippen LogP contribution in [0.15, 0.2) is 53.4 Å². The number of aromatic nitrogens is 3. The Bertz CT molecular complexity index is 1000. The van der Waals surface area contributed by atoms with Gasteiger partial charge in [0.25, 0.3) is 0 Å². The van der Waals surface area contributed by atoms with Crippen LogP contribution in [0.5, 0.6) is 5.75 Å². The molecule has 1 aromatic heterocycles. The molecule has 0 bridgehead atoms. The van der Waals surface area contributed by atoms with Crippen molar-refractivity contribution in [3.05, 3.63) is 54.4 Å². The molecule has 0 saturated carbocycles. The Morgan fingerprint density at radius 1 is 1.13 bits per heavy atom. The second kappa shape index (κ2) is 9.93. The Morgan fingerprint density at radius 2 is 1.83 bits per heavy atom. The first-order chi connectivity index (χ1) is 14.4. The number of benzene rings is 2. The van der Waals surface area contributed by atoms with Gasteiger partial charge in [-0.25, -0.2) is 4.98 Å². The molecule has 0 saturated heterocycles. The number of anilines is 1. The van der Waals surface area contributed by atoms with Crippen LogP contribution >= 0.6 is 11.8 Å². The number of ether oxygens (including phenoxy) is 1. The van der Waals surface area contributed by atoms with Crippen LogP contribution in [0.4, 0.5) is 5.69 Å². The average Bonchev–Trinajstić information content (AvgIpc) is 3.22. The van der Waals surface area contributed by atoms with Gasteiger partial charge in [-0.3, -0.25) is 14.7 Å². The van der Waals surface area contributed by atoms with E-state index >= 15 is 0 Å². The van der Waals surface area contributed by atoms with Crippen molar-refractivity contribution in [1.82, 2.24) is 20.5 Å². The number of carbonyl (C=O) groups is 2. The lowest BCUT2D eigenvalue weighted by atomic mass is 10.2. The zero-order valence-electron chi connectivity index (χ0n) is 16.9. The summed E-state index contributed by atoms with van der Waals surface area (Å²) >= 11 is 1.44. The number of methoxy groups -OCH3 is 1. The SMILES string of the molecule is COc1ccc(-c2n[nH]c(CNC(=O)C(C)Sc3ccc(NC(C)=O)cc3)n2)cc1. The molecule has 2 aromatic carbocycles. The number of thioether (sulfide) groups is 1. The molecule has 3 N–H and O–H groups in total. The number of nitrogens with zero attached hydrogens (tertiary/aromatic N) is 2. The van der Waals surface area contributed by atoms with E-state index in [1.165, 1.54) is 18.7 Å². The van der Waals surface area contributed by atoms with Gasteiger partial charge < -0.3 is 15.4 Å². The lowest BCUT2D eigenvalue weighted by molar-refractivity contribution is -0.120. The molecule has 0 aliphatic heterocycles. The highest BCUT2D eigenvalue weighted by molar-refractivity contribution is 8.00. The zero-order chi connectivity index (χ0) is 21.5. The number of hydrogen-bond acceptors (Lipinski definition) is 6. The van der Waals surface area contributed by atoms with Crippen molar-refractivity contribution in [2.75, 3.05) is 12.4 Å². The molecule has 3 aromatic rings. The third kappa shape index (κ3) is 5.84. The van der Waals surface area contributed by atoms with Crippen LogP contribution in [-0.4, -0.2) is 39.4 Å². The molecule has 0 aliphatic rings. The molecule has 2 amide bonds. The van der Waals surface area contributed by atoms with E-state index in [1.54, 1.807) is 7.11 Å². The molecule has 8 nitrogen and oxygen atoms in total. The Hall–Kier alpha value is -3.33. The van der Waals surface area contributed by atoms with Gasteiger partial charge in [0.1, 0.15) is 11.6 Å². The highest BCUT2D eigenvalue weighted by Crippen LogP contribution is 2.25. The first kappa shape index (κ1) is 21.4. The summed E-state index contributed by atoms with van der Waals surface area (Å²) in [5.41, 5.74) is 1.58. The number of nitrogens with one attached hydrogen (secondary N) is 3. The van der Waals surface area contributed by atoms with Gasteiger partial charge in [0.05, 0.1) is 18.9 Å². The van der Waals surface area contributed by atoms with Gasteiger partial charge in [-0.15, -0.1) is 11.8 Å². The van der Waals surface area contributed by atoms with E-state index in [-0.39, 0.29) is 23.6 Å². The van der Waals surface area contributed by atoms with Crippen molar-refractivity contribution in [2.24, 2.45) is 0 Å². The third-order valence-corrected chi connectivity index (χ3v) is 5.28. The largest absolute Gasteiger partial charge is 0.497 e. The standard InChI is InChI=1S/C21H23N5O3S/c1-13(30-18-10-6-16(7-11-18)23-14(2)27)21(28)22-12-19-24-20(26-25-19)15-4-8-17(29-3)9-5-15/h4-11,13H,12H2,1-3H3,(H,22,28)(H,23,27)(H,24,25,26). The van der Waals surface area contributed by atoms with Crippen LogP contribution in [0.1, 0.15) is 19.7 Å². The topological polar surface area (TPSA) is 109 Å². The van der Waals surface area contributed by atoms with Crippen molar-refractivity contribution < 1.29 is 14.3 Å². The molecule has 0 radical (unpaired) electrons. The summed E-state index contributed by atoms with van der Waals surface area (Å²) in [6, 6.07) is 14.8. The maximum Gasteiger partial charge on any atom is 0.233 e. The monoisotopic (exact) mass is 425 g/mol. The predicted molar refractivity (Wildman–Crippen MR) is 116 cm³/mol. The van der Waals surface area contributed by atoms with Gasteiger partial charge in [0.2, 0.25) is 11.8 Å². The molecule has 1 unspecified atom stereocenters. The number of H-pyrrole nitrogens is 1. The van der Waals surface area contributed by atoms with E-state index < -0.39 is 0 Å². The smallest absolute Gasteiger partial charge is 0.233 e. The number of hydrogen-bond donors (Lipinski definition) is 3. The van der Waals surface area contributed by atoms with E-state index in [9.17, 15) is 9.59 Å². The lowest BCUT2D eigenvalue weighted by Crippen LogP contribution is -2.30. The molecule has 3 rings (SSSR count). The summed E-state index contributed by atoms with van der Waals surface area (Å²) in [6.45, 7) is 3.56. The third-order valence-electron chi connectivity index (χ3n) is 4.17. The molecule has 30 heavy (non-hydrogen) atoms. The van der Waals surface area contributed by atoms with Crippen molar-refractivity contribution >= 4 is 29.3 Å². The Morgan fingerprint density at radius 3 is 2.47 bits per heavy atom. The van der Waals surface area contributed by atoms with E-state index in [0.29, 0.717) is 11.6 Å². The quantitative estimate of drug-likeness (QED) is 0.478. The molecule has 0 fully saturated rings. The van der Waals surface area contributed by atoms with Gasteiger partial charge >= 0.3 is 0 Å². The average molecular weight is 426 g/mol. The van der Waals surface area contributed by atoms with Gasteiger partial charge in [-0.05, 0) is 55.5 Å². The predicted octanol–water partition coefficient (Wildman–Crippen LogP) is 3.24. The van der Waals surface area contributed by atoms with Gasteiger partial charge in [-0.2, -0.15) is 5.10 Å². The Balaban J connectivity index is 1.51. The van der Waals surface area contributed by atoms with Crippen LogP contribution in [0, 0.1) is 0 Å². The molecular weight excluding hydrogens is 402 g/mol. The van der Waals surface area contributed by atoms with Crippen LogP contribution in [0.3, 0.4) is 0 Å². The first-order valence-corrected chi connectivity index (χ1v) is 10.2. The van der Waals surface area contributed by atoms with Crippen molar-refractivity contribution in [3.8, 4) is 17.1 Å². The first-order valence-electron chi connectivity index (χ1n) is 9.32. The van der Waals surface area contributed by atoms with Crippen molar-refractivity contribution in [3.63, 3.8) is 0 Å². The van der Waals surface area contributed by atoms with E-state index in [2.05, 4.69) is 25.8 Å². The fraction of sp³-hybridized carbons (Fsp3) is 0.238. The Labute approximate surface area is 178 Å². The minimum absolute atomic E-state index is 0.103. The maximum absolute atomic E-state index is 12.4. The normalized spacial score (nSPS) is 11.6. The molecular formula is C21H23N5O3S. The molecule has 0 aliphatic carbocycles. The van der Waals surface area contributed by atoms with Crippen LogP contribution in [0.2, 0.25) is 0 Å². The van der Waals surface area contributed by atoms with Gasteiger partial charge in [0, 0.05) is 23.1 Å². The van der Waals surface area contributed by atoms with Crippen LogP contribution in [0.25, 0.3) is 11.4 Å². The summed E-state index contributed by atoms with van der Waals surface area (Å²) in [6.07, 6.45) is 0. The second-order valence-corrected chi connectivity index (χ2v) is 7.93. The van der Waals surface area contributed by atoms with Gasteiger partial charge in [-0.1, -0.05) is 0 Å². The second-order valence-electron chi connectivity index (χ2n) is 6.52. The van der Waals surface area contributed by atoms with E-state index in [4.69, 9.17) is 4.74 Å². The number of aromatic amines is 1. The molecule has 0 spiro atoms. The summed E-state index contributed by atoms with van der Waals surface area (Å²) in [5.74, 6) is 1.67. The van der Waals surface area contributed by atoms with E-state index in [0.717, 1.165) is 21.9 Å². The zero-order valence-corrected chi connectivity index (χ0v) is 17.7. The van der Waals surface area contributed by atoms with Crippen LogP contribution < -0.4 is 15.4 Å². The molecule has 1 heterocycles. The fourth-order valence-corrected chi connectivity index (χ4v) is 3.53. The number of amides is 2. The van der Waals surface area contributed by atoms with Crippen LogP contribution in [-0.2, 0) is 16.1 Å². The highest BCUT2D eigenvalue weighted by Gasteiger charge is 2.15. The van der Waals surface area contributed by atoms with Crippen molar-refractivity contribution in [2.45, 2.75) is 30.5 Å². The minimum Gasteiger partial charge on any atom is -0.497 e. The lowest BCUT2D eigenvalue weighted by Gasteiger charge is -2.11. The molecule has 9 heteroatoms.